The first-order valence-electron chi connectivity index (χ1n) is 5.41. The molecule has 1 heterocycles. The van der Waals surface area contributed by atoms with Gasteiger partial charge >= 0.3 is 0 Å². The summed E-state index contributed by atoms with van der Waals surface area (Å²) in [6.45, 7) is 1.80. The van der Waals surface area contributed by atoms with Gasteiger partial charge in [-0.05, 0) is 37.3 Å². The number of benzene rings is 1. The fraction of sp³-hybridized carbons (Fsp3) is 0.0833. The quantitative estimate of drug-likeness (QED) is 0.507. The molecule has 19 heavy (non-hydrogen) atoms. The maximum atomic E-state index is 5.81. The Labute approximate surface area is 120 Å². The van der Waals surface area contributed by atoms with Crippen molar-refractivity contribution in [2.75, 3.05) is 5.32 Å². The van der Waals surface area contributed by atoms with E-state index < -0.39 is 0 Å². The van der Waals surface area contributed by atoms with Gasteiger partial charge in [-0.2, -0.15) is 9.98 Å². The lowest BCUT2D eigenvalue weighted by Gasteiger charge is -2.05. The zero-order chi connectivity index (χ0) is 13.8. The SMILES string of the molecule is Cc1cc(Cl)nc(N=C(N)Nc2ccc(Cl)cc2)n1. The molecule has 0 bridgehead atoms. The molecule has 3 N–H and O–H groups in total. The van der Waals surface area contributed by atoms with E-state index in [1.165, 1.54) is 0 Å². The summed E-state index contributed by atoms with van der Waals surface area (Å²) >= 11 is 11.6. The number of hydrogen-bond donors (Lipinski definition) is 2. The molecule has 0 atom stereocenters. The molecule has 0 fully saturated rings. The number of hydrogen-bond acceptors (Lipinski definition) is 3. The fourth-order valence-electron chi connectivity index (χ4n) is 1.38. The van der Waals surface area contributed by atoms with Gasteiger partial charge in [-0.3, -0.25) is 0 Å². The van der Waals surface area contributed by atoms with E-state index in [0.717, 1.165) is 11.4 Å². The molecule has 0 unspecified atom stereocenters. The summed E-state index contributed by atoms with van der Waals surface area (Å²) in [5.74, 6) is 0.382. The topological polar surface area (TPSA) is 76.2 Å². The lowest BCUT2D eigenvalue weighted by molar-refractivity contribution is 1.08. The van der Waals surface area contributed by atoms with Gasteiger partial charge in [0.05, 0.1) is 0 Å². The smallest absolute Gasteiger partial charge is 0.254 e. The highest BCUT2D eigenvalue weighted by Crippen LogP contribution is 2.14. The maximum absolute atomic E-state index is 5.81. The molecule has 1 aromatic heterocycles. The minimum Gasteiger partial charge on any atom is -0.369 e. The van der Waals surface area contributed by atoms with Crippen LogP contribution >= 0.6 is 23.2 Å². The number of anilines is 1. The van der Waals surface area contributed by atoms with Gasteiger partial charge in [0.15, 0.2) is 0 Å². The highest BCUT2D eigenvalue weighted by molar-refractivity contribution is 6.30. The van der Waals surface area contributed by atoms with Crippen LogP contribution in [0.5, 0.6) is 0 Å². The largest absolute Gasteiger partial charge is 0.369 e. The standard InChI is InChI=1S/C12H11Cl2N5/c1-7-6-10(14)18-12(16-7)19-11(15)17-9-4-2-8(13)3-5-9/h2-6H,1H3,(H3,15,16,17,18,19). The summed E-state index contributed by atoms with van der Waals surface area (Å²) in [7, 11) is 0. The average Bonchev–Trinajstić information content (AvgIpc) is 2.30. The molecule has 0 saturated heterocycles. The highest BCUT2D eigenvalue weighted by atomic mass is 35.5. The lowest BCUT2D eigenvalue weighted by Crippen LogP contribution is -2.22. The first-order valence-corrected chi connectivity index (χ1v) is 6.16. The van der Waals surface area contributed by atoms with Crippen LogP contribution in [0.4, 0.5) is 11.6 Å². The molecule has 2 aromatic rings. The molecule has 0 radical (unpaired) electrons. The van der Waals surface area contributed by atoms with Gasteiger partial charge < -0.3 is 11.1 Å². The van der Waals surface area contributed by atoms with E-state index in [4.69, 9.17) is 28.9 Å². The first kappa shape index (κ1) is 13.6. The van der Waals surface area contributed by atoms with E-state index in [1.807, 2.05) is 0 Å². The third kappa shape index (κ3) is 4.08. The Balaban J connectivity index is 2.16. The second kappa shape index (κ2) is 5.86. The van der Waals surface area contributed by atoms with Crippen molar-refractivity contribution in [3.8, 4) is 0 Å². The molecule has 98 valence electrons. The van der Waals surface area contributed by atoms with Crippen molar-refractivity contribution in [2.45, 2.75) is 6.92 Å². The zero-order valence-electron chi connectivity index (χ0n) is 10.1. The van der Waals surface area contributed by atoms with Crippen LogP contribution in [0.15, 0.2) is 35.3 Å². The summed E-state index contributed by atoms with van der Waals surface area (Å²) in [5, 5.41) is 3.88. The number of rotatable bonds is 2. The van der Waals surface area contributed by atoms with Gasteiger partial charge in [0, 0.05) is 16.4 Å². The Bertz CT molecular complexity index is 590. The molecule has 0 spiro atoms. The van der Waals surface area contributed by atoms with Crippen molar-refractivity contribution in [3.63, 3.8) is 0 Å². The zero-order valence-corrected chi connectivity index (χ0v) is 11.6. The number of halogens is 2. The third-order valence-electron chi connectivity index (χ3n) is 2.15. The monoisotopic (exact) mass is 295 g/mol. The second-order valence-electron chi connectivity index (χ2n) is 3.76. The van der Waals surface area contributed by atoms with Crippen molar-refractivity contribution >= 4 is 40.8 Å². The third-order valence-corrected chi connectivity index (χ3v) is 2.59. The van der Waals surface area contributed by atoms with Gasteiger partial charge in [-0.1, -0.05) is 23.2 Å². The molecule has 0 saturated carbocycles. The Hall–Kier alpha value is -1.85. The maximum Gasteiger partial charge on any atom is 0.254 e. The number of nitrogens with two attached hydrogens (primary N) is 1. The molecule has 7 heteroatoms. The van der Waals surface area contributed by atoms with Crippen molar-refractivity contribution in [2.24, 2.45) is 10.7 Å². The van der Waals surface area contributed by atoms with Crippen LogP contribution in [0.3, 0.4) is 0 Å². The van der Waals surface area contributed by atoms with E-state index in [9.17, 15) is 0 Å². The van der Waals surface area contributed by atoms with Crippen LogP contribution in [-0.4, -0.2) is 15.9 Å². The summed E-state index contributed by atoms with van der Waals surface area (Å²) in [6, 6.07) is 8.71. The average molecular weight is 296 g/mol. The fourth-order valence-corrected chi connectivity index (χ4v) is 1.74. The lowest BCUT2D eigenvalue weighted by atomic mass is 10.3. The van der Waals surface area contributed by atoms with Gasteiger partial charge in [-0.25, -0.2) is 4.98 Å². The van der Waals surface area contributed by atoms with Crippen LogP contribution in [0.1, 0.15) is 5.69 Å². The van der Waals surface area contributed by atoms with E-state index >= 15 is 0 Å². The molecule has 0 aliphatic heterocycles. The van der Waals surface area contributed by atoms with Gasteiger partial charge in [0.1, 0.15) is 5.15 Å². The van der Waals surface area contributed by atoms with E-state index in [-0.39, 0.29) is 11.9 Å². The Morgan fingerprint density at radius 1 is 1.21 bits per heavy atom. The molecule has 1 aromatic carbocycles. The van der Waals surface area contributed by atoms with E-state index in [2.05, 4.69) is 20.3 Å². The number of aryl methyl sites for hydroxylation is 1. The number of nitrogens with one attached hydrogen (secondary N) is 1. The van der Waals surface area contributed by atoms with Crippen molar-refractivity contribution in [3.05, 3.63) is 46.2 Å². The van der Waals surface area contributed by atoms with Crippen molar-refractivity contribution in [1.82, 2.24) is 9.97 Å². The van der Waals surface area contributed by atoms with Crippen LogP contribution in [0.2, 0.25) is 10.2 Å². The predicted molar refractivity (Wildman–Crippen MR) is 78.1 cm³/mol. The highest BCUT2D eigenvalue weighted by Gasteiger charge is 2.01. The summed E-state index contributed by atoms with van der Waals surface area (Å²) in [5.41, 5.74) is 7.25. The number of aliphatic imine (C=N–C) groups is 1. The Morgan fingerprint density at radius 3 is 2.53 bits per heavy atom. The molecular formula is C12H11Cl2N5. The first-order chi connectivity index (χ1) is 9.02. The Kier molecular flexibility index (Phi) is 4.19. The predicted octanol–water partition coefficient (Wildman–Crippen LogP) is 3.15. The molecular weight excluding hydrogens is 285 g/mol. The molecule has 0 aliphatic rings. The molecule has 0 amide bonds. The molecule has 5 nitrogen and oxygen atoms in total. The molecule has 0 aliphatic carbocycles. The van der Waals surface area contributed by atoms with Crippen molar-refractivity contribution < 1.29 is 0 Å². The molecule has 2 rings (SSSR count). The van der Waals surface area contributed by atoms with Gasteiger partial charge in [-0.15, -0.1) is 0 Å². The van der Waals surface area contributed by atoms with Crippen LogP contribution in [0, 0.1) is 6.92 Å². The van der Waals surface area contributed by atoms with Crippen molar-refractivity contribution in [1.29, 1.82) is 0 Å². The van der Waals surface area contributed by atoms with Gasteiger partial charge in [0.2, 0.25) is 5.96 Å². The van der Waals surface area contributed by atoms with Gasteiger partial charge in [0.25, 0.3) is 5.95 Å². The summed E-state index contributed by atoms with van der Waals surface area (Å²) in [6.07, 6.45) is 0. The van der Waals surface area contributed by atoms with Crippen LogP contribution < -0.4 is 11.1 Å². The Morgan fingerprint density at radius 2 is 1.89 bits per heavy atom. The van der Waals surface area contributed by atoms with Crippen LogP contribution in [0.25, 0.3) is 0 Å². The minimum absolute atomic E-state index is 0.170. The van der Waals surface area contributed by atoms with Crippen LogP contribution in [-0.2, 0) is 0 Å². The normalized spacial score (nSPS) is 11.4. The second-order valence-corrected chi connectivity index (χ2v) is 4.58. The number of guanidine groups is 1. The summed E-state index contributed by atoms with van der Waals surface area (Å²) in [4.78, 5) is 12.1. The number of nitrogens with zero attached hydrogens (tertiary/aromatic N) is 3. The van der Waals surface area contributed by atoms with E-state index in [0.29, 0.717) is 10.2 Å². The summed E-state index contributed by atoms with van der Waals surface area (Å²) < 4.78 is 0. The van der Waals surface area contributed by atoms with E-state index in [1.54, 1.807) is 37.3 Å². The number of aromatic nitrogens is 2. The minimum atomic E-state index is 0.170.